The molecule has 0 bridgehead atoms. The number of fused-ring (bicyclic) bond motifs is 1. The van der Waals surface area contributed by atoms with Crippen molar-refractivity contribution in [3.8, 4) is 0 Å². The van der Waals surface area contributed by atoms with Crippen molar-refractivity contribution in [3.05, 3.63) is 65.5 Å². The van der Waals surface area contributed by atoms with Gasteiger partial charge >= 0.3 is 0 Å². The third kappa shape index (κ3) is 2.44. The van der Waals surface area contributed by atoms with Crippen LogP contribution in [0.4, 0.5) is 0 Å². The molecular weight excluding hydrogens is 220 g/mol. The first-order chi connectivity index (χ1) is 8.93. The number of aryl methyl sites for hydroxylation is 1. The van der Waals surface area contributed by atoms with E-state index >= 15 is 0 Å². The number of nitrogens with zero attached hydrogens (tertiary/aromatic N) is 1. The Bertz CT molecular complexity index is 508. The predicted octanol–water partition coefficient (Wildman–Crippen LogP) is 2.90. The summed E-state index contributed by atoms with van der Waals surface area (Å²) in [5.74, 6) is 0. The van der Waals surface area contributed by atoms with Crippen LogP contribution in [0.3, 0.4) is 0 Å². The third-order valence-corrected chi connectivity index (χ3v) is 3.63. The Hall–Kier alpha value is -1.67. The minimum absolute atomic E-state index is 0.532. The molecule has 0 spiro atoms. The van der Waals surface area contributed by atoms with Crippen LogP contribution in [-0.2, 0) is 12.8 Å². The monoisotopic (exact) mass is 238 g/mol. The van der Waals surface area contributed by atoms with Gasteiger partial charge in [-0.2, -0.15) is 0 Å². The highest BCUT2D eigenvalue weighted by Gasteiger charge is 2.20. The van der Waals surface area contributed by atoms with Crippen LogP contribution in [0.2, 0.25) is 0 Å². The van der Waals surface area contributed by atoms with Gasteiger partial charge in [-0.3, -0.25) is 4.98 Å². The van der Waals surface area contributed by atoms with E-state index in [2.05, 4.69) is 40.6 Å². The minimum atomic E-state index is 0.532. The summed E-state index contributed by atoms with van der Waals surface area (Å²) in [7, 11) is 0. The van der Waals surface area contributed by atoms with Crippen molar-refractivity contribution in [3.63, 3.8) is 0 Å². The number of nitrogens with one attached hydrogen (secondary N) is 1. The van der Waals surface area contributed by atoms with Gasteiger partial charge in [0.05, 0.1) is 0 Å². The first-order valence-corrected chi connectivity index (χ1v) is 6.64. The Morgan fingerprint density at radius 2 is 2.00 bits per heavy atom. The van der Waals surface area contributed by atoms with Crippen LogP contribution in [0.5, 0.6) is 0 Å². The van der Waals surface area contributed by atoms with Gasteiger partial charge in [0, 0.05) is 30.9 Å². The zero-order chi connectivity index (χ0) is 12.2. The molecule has 0 fully saturated rings. The van der Waals surface area contributed by atoms with Crippen molar-refractivity contribution < 1.29 is 0 Å². The smallest absolute Gasteiger partial charge is 0.0416 e. The van der Waals surface area contributed by atoms with Crippen LogP contribution in [0.15, 0.2) is 48.7 Å². The minimum Gasteiger partial charge on any atom is -0.310 e. The molecule has 92 valence electrons. The Morgan fingerprint density at radius 1 is 1.11 bits per heavy atom. The summed E-state index contributed by atoms with van der Waals surface area (Å²) in [4.78, 5) is 4.35. The molecule has 0 aliphatic heterocycles. The van der Waals surface area contributed by atoms with Crippen molar-refractivity contribution in [2.75, 3.05) is 6.54 Å². The second-order valence-corrected chi connectivity index (χ2v) is 4.82. The van der Waals surface area contributed by atoms with E-state index in [1.54, 1.807) is 0 Å². The molecule has 1 atom stereocenters. The van der Waals surface area contributed by atoms with Crippen molar-refractivity contribution >= 4 is 0 Å². The Morgan fingerprint density at radius 3 is 2.89 bits per heavy atom. The van der Waals surface area contributed by atoms with E-state index in [-0.39, 0.29) is 0 Å². The zero-order valence-corrected chi connectivity index (χ0v) is 10.5. The molecule has 0 saturated heterocycles. The molecule has 1 aromatic carbocycles. The number of pyridine rings is 1. The molecule has 1 aromatic heterocycles. The van der Waals surface area contributed by atoms with Crippen molar-refractivity contribution in [2.45, 2.75) is 25.3 Å². The molecule has 0 saturated carbocycles. The molecule has 2 heteroatoms. The zero-order valence-electron chi connectivity index (χ0n) is 10.5. The summed E-state index contributed by atoms with van der Waals surface area (Å²) < 4.78 is 0. The van der Waals surface area contributed by atoms with Gasteiger partial charge in [0.25, 0.3) is 0 Å². The first-order valence-electron chi connectivity index (χ1n) is 6.64. The Balaban J connectivity index is 1.56. The second kappa shape index (κ2) is 5.32. The van der Waals surface area contributed by atoms with Crippen LogP contribution in [0.25, 0.3) is 0 Å². The van der Waals surface area contributed by atoms with Crippen molar-refractivity contribution in [1.29, 1.82) is 0 Å². The number of benzene rings is 1. The van der Waals surface area contributed by atoms with Crippen LogP contribution in [0.1, 0.15) is 29.3 Å². The third-order valence-electron chi connectivity index (χ3n) is 3.63. The van der Waals surface area contributed by atoms with Gasteiger partial charge in [-0.05, 0) is 36.1 Å². The van der Waals surface area contributed by atoms with Crippen molar-refractivity contribution in [2.24, 2.45) is 0 Å². The molecular formula is C16H18N2. The van der Waals surface area contributed by atoms with E-state index in [1.165, 1.54) is 24.0 Å². The van der Waals surface area contributed by atoms with Gasteiger partial charge in [0.1, 0.15) is 0 Å². The Labute approximate surface area is 108 Å². The van der Waals surface area contributed by atoms with E-state index in [1.807, 2.05) is 18.3 Å². The molecule has 18 heavy (non-hydrogen) atoms. The van der Waals surface area contributed by atoms with E-state index in [4.69, 9.17) is 0 Å². The molecule has 2 nitrogen and oxygen atoms in total. The van der Waals surface area contributed by atoms with Gasteiger partial charge in [-0.15, -0.1) is 0 Å². The SMILES string of the molecule is c1ccc(CCNC2CCc3ccccc32)nc1. The van der Waals surface area contributed by atoms with Gasteiger partial charge in [0.15, 0.2) is 0 Å². The fourth-order valence-corrected chi connectivity index (χ4v) is 2.69. The lowest BCUT2D eigenvalue weighted by Crippen LogP contribution is -2.22. The topological polar surface area (TPSA) is 24.9 Å². The molecule has 1 N–H and O–H groups in total. The molecule has 0 radical (unpaired) electrons. The molecule has 1 aliphatic rings. The summed E-state index contributed by atoms with van der Waals surface area (Å²) in [6, 6.07) is 15.4. The largest absolute Gasteiger partial charge is 0.310 e. The fraction of sp³-hybridized carbons (Fsp3) is 0.312. The lowest BCUT2D eigenvalue weighted by atomic mass is 10.1. The highest BCUT2D eigenvalue weighted by molar-refractivity contribution is 5.34. The molecule has 1 aliphatic carbocycles. The van der Waals surface area contributed by atoms with Crippen molar-refractivity contribution in [1.82, 2.24) is 10.3 Å². The van der Waals surface area contributed by atoms with Crippen LogP contribution >= 0.6 is 0 Å². The second-order valence-electron chi connectivity index (χ2n) is 4.82. The van der Waals surface area contributed by atoms with Gasteiger partial charge in [-0.1, -0.05) is 30.3 Å². The van der Waals surface area contributed by atoms with Crippen LogP contribution in [-0.4, -0.2) is 11.5 Å². The lowest BCUT2D eigenvalue weighted by Gasteiger charge is -2.13. The highest BCUT2D eigenvalue weighted by Crippen LogP contribution is 2.30. The summed E-state index contributed by atoms with van der Waals surface area (Å²) in [5.41, 5.74) is 4.16. The lowest BCUT2D eigenvalue weighted by molar-refractivity contribution is 0.531. The Kier molecular flexibility index (Phi) is 3.37. The normalized spacial score (nSPS) is 17.7. The first kappa shape index (κ1) is 11.4. The van der Waals surface area contributed by atoms with E-state index in [9.17, 15) is 0 Å². The standard InChI is InChI=1S/C16H18N2/c1-2-7-15-13(5-1)8-9-16(15)18-12-10-14-6-3-4-11-17-14/h1-7,11,16,18H,8-10,12H2. The average molecular weight is 238 g/mol. The van der Waals surface area contributed by atoms with Gasteiger partial charge in [0.2, 0.25) is 0 Å². The summed E-state index contributed by atoms with van der Waals surface area (Å²) >= 11 is 0. The molecule has 1 heterocycles. The maximum Gasteiger partial charge on any atom is 0.0416 e. The number of hydrogen-bond acceptors (Lipinski definition) is 2. The average Bonchev–Trinajstić information content (AvgIpc) is 2.84. The van der Waals surface area contributed by atoms with E-state index < -0.39 is 0 Å². The van der Waals surface area contributed by atoms with E-state index in [0.29, 0.717) is 6.04 Å². The number of hydrogen-bond donors (Lipinski definition) is 1. The van der Waals surface area contributed by atoms with Gasteiger partial charge in [-0.25, -0.2) is 0 Å². The number of aromatic nitrogens is 1. The predicted molar refractivity (Wildman–Crippen MR) is 73.4 cm³/mol. The summed E-state index contributed by atoms with van der Waals surface area (Å²) in [6.07, 6.45) is 5.29. The summed E-state index contributed by atoms with van der Waals surface area (Å²) in [6.45, 7) is 0.996. The quantitative estimate of drug-likeness (QED) is 0.886. The van der Waals surface area contributed by atoms with Gasteiger partial charge < -0.3 is 5.32 Å². The van der Waals surface area contributed by atoms with Crippen LogP contribution < -0.4 is 5.32 Å². The molecule has 0 amide bonds. The number of rotatable bonds is 4. The molecule has 2 aromatic rings. The highest BCUT2D eigenvalue weighted by atomic mass is 14.9. The maximum atomic E-state index is 4.35. The molecule has 3 rings (SSSR count). The summed E-state index contributed by atoms with van der Waals surface area (Å²) in [5, 5.41) is 3.65. The maximum absolute atomic E-state index is 4.35. The molecule has 1 unspecified atom stereocenters. The fourth-order valence-electron chi connectivity index (χ4n) is 2.69. The van der Waals surface area contributed by atoms with E-state index in [0.717, 1.165) is 18.7 Å². The van der Waals surface area contributed by atoms with Crippen LogP contribution in [0, 0.1) is 0 Å².